The average Bonchev–Trinajstić information content (AvgIpc) is 3.04. The van der Waals surface area contributed by atoms with Gasteiger partial charge >= 0.3 is 0 Å². The van der Waals surface area contributed by atoms with Gasteiger partial charge in [-0.05, 0) is 66.7 Å². The first-order chi connectivity index (χ1) is 11.8. The number of sulfonamides is 1. The quantitative estimate of drug-likeness (QED) is 0.889. The van der Waals surface area contributed by atoms with Gasteiger partial charge in [0.15, 0.2) is 0 Å². The number of aryl methyl sites for hydroxylation is 1. The maximum absolute atomic E-state index is 13.1. The second-order valence-corrected chi connectivity index (χ2v) is 7.64. The van der Waals surface area contributed by atoms with Crippen molar-refractivity contribution < 1.29 is 17.2 Å². The van der Waals surface area contributed by atoms with Crippen LogP contribution in [0.5, 0.6) is 0 Å². The fourth-order valence-electron chi connectivity index (χ4n) is 3.16. The van der Waals surface area contributed by atoms with Crippen molar-refractivity contribution in [1.82, 2.24) is 4.98 Å². The highest BCUT2D eigenvalue weighted by Crippen LogP contribution is 2.40. The molecule has 0 radical (unpaired) electrons. The Labute approximate surface area is 145 Å². The first-order valence-electron chi connectivity index (χ1n) is 7.87. The van der Waals surface area contributed by atoms with Gasteiger partial charge in [-0.2, -0.15) is 0 Å². The largest absolute Gasteiger partial charge is 0.265 e. The number of pyridine rings is 1. The van der Waals surface area contributed by atoms with Gasteiger partial charge < -0.3 is 0 Å². The van der Waals surface area contributed by atoms with Crippen LogP contribution in [0.3, 0.4) is 0 Å². The van der Waals surface area contributed by atoms with E-state index >= 15 is 0 Å². The summed E-state index contributed by atoms with van der Waals surface area (Å²) in [6, 6.07) is 7.84. The average molecular weight is 364 g/mol. The van der Waals surface area contributed by atoms with Crippen LogP contribution >= 0.6 is 0 Å². The van der Waals surface area contributed by atoms with Gasteiger partial charge in [0.05, 0.1) is 4.90 Å². The molecule has 1 aromatic carbocycles. The number of benzene rings is 1. The third kappa shape index (κ3) is 3.62. The van der Waals surface area contributed by atoms with Crippen LogP contribution in [0.4, 0.5) is 8.78 Å². The van der Waals surface area contributed by atoms with Crippen molar-refractivity contribution in [1.29, 1.82) is 0 Å². The molecule has 2 aromatic rings. The molecular formula is C18H18F2N2O2S. The van der Waals surface area contributed by atoms with E-state index in [9.17, 15) is 17.2 Å². The molecule has 1 aromatic heterocycles. The molecule has 4 nitrogen and oxygen atoms in total. The van der Waals surface area contributed by atoms with Crippen LogP contribution < -0.4 is 5.14 Å². The summed E-state index contributed by atoms with van der Waals surface area (Å²) in [7, 11) is -3.74. The van der Waals surface area contributed by atoms with Crippen molar-refractivity contribution in [3.63, 3.8) is 0 Å². The molecule has 0 spiro atoms. The van der Waals surface area contributed by atoms with Crippen molar-refractivity contribution in [2.45, 2.75) is 37.5 Å². The van der Waals surface area contributed by atoms with E-state index in [2.05, 4.69) is 4.98 Å². The number of halogens is 2. The first kappa shape index (κ1) is 17.7. The molecule has 1 aliphatic rings. The number of alkyl halides is 2. The van der Waals surface area contributed by atoms with Crippen LogP contribution in [0, 0.1) is 6.92 Å². The number of hydrogen-bond acceptors (Lipinski definition) is 3. The lowest BCUT2D eigenvalue weighted by Crippen LogP contribution is -2.11. The molecule has 25 heavy (non-hydrogen) atoms. The molecule has 0 amide bonds. The number of hydrogen-bond donors (Lipinski definition) is 1. The van der Waals surface area contributed by atoms with Gasteiger partial charge in [0.25, 0.3) is 6.43 Å². The van der Waals surface area contributed by atoms with E-state index in [1.54, 1.807) is 25.3 Å². The molecule has 1 heterocycles. The Balaban J connectivity index is 2.05. The number of aromatic nitrogens is 1. The van der Waals surface area contributed by atoms with Crippen molar-refractivity contribution in [3.8, 4) is 0 Å². The summed E-state index contributed by atoms with van der Waals surface area (Å²) in [5.41, 5.74) is 3.87. The summed E-state index contributed by atoms with van der Waals surface area (Å²) in [4.78, 5) is 4.16. The molecule has 1 aliphatic carbocycles. The molecule has 0 saturated heterocycles. The zero-order valence-corrected chi connectivity index (χ0v) is 14.5. The Morgan fingerprint density at radius 3 is 2.24 bits per heavy atom. The smallest absolute Gasteiger partial charge is 0.260 e. The van der Waals surface area contributed by atoms with Gasteiger partial charge in [-0.25, -0.2) is 22.3 Å². The molecule has 7 heteroatoms. The maximum atomic E-state index is 13.1. The fourth-order valence-corrected chi connectivity index (χ4v) is 3.68. The Hall–Kier alpha value is -2.12. The standard InChI is InChI=1S/C18H18F2N2O2S/c1-11-17(18(19)20)9-13(10-22-11)16-4-2-3-15(16)12-5-7-14(8-6-12)25(21,23)24/h5-10,18H,2-4H2,1H3,(H2,21,23,24). The molecule has 3 rings (SSSR count). The van der Waals surface area contributed by atoms with E-state index < -0.39 is 16.4 Å². The third-order valence-corrected chi connectivity index (χ3v) is 5.39. The van der Waals surface area contributed by atoms with Gasteiger partial charge in [-0.3, -0.25) is 4.98 Å². The number of primary sulfonamides is 1. The molecule has 132 valence electrons. The van der Waals surface area contributed by atoms with Crippen molar-refractivity contribution >= 4 is 21.2 Å². The van der Waals surface area contributed by atoms with Gasteiger partial charge in [-0.1, -0.05) is 12.1 Å². The molecule has 0 aliphatic heterocycles. The third-order valence-electron chi connectivity index (χ3n) is 4.46. The summed E-state index contributed by atoms with van der Waals surface area (Å²) >= 11 is 0. The molecule has 0 saturated carbocycles. The number of nitrogens with two attached hydrogens (primary N) is 1. The molecule has 0 atom stereocenters. The molecule has 0 fully saturated rings. The molecule has 0 bridgehead atoms. The molecular weight excluding hydrogens is 346 g/mol. The van der Waals surface area contributed by atoms with E-state index in [-0.39, 0.29) is 10.5 Å². The Morgan fingerprint density at radius 1 is 1.08 bits per heavy atom. The van der Waals surface area contributed by atoms with E-state index in [1.165, 1.54) is 18.2 Å². The van der Waals surface area contributed by atoms with E-state index in [4.69, 9.17) is 5.14 Å². The second-order valence-electron chi connectivity index (χ2n) is 6.08. The summed E-state index contributed by atoms with van der Waals surface area (Å²) in [6.45, 7) is 1.57. The van der Waals surface area contributed by atoms with Gasteiger partial charge in [0.2, 0.25) is 10.0 Å². The monoisotopic (exact) mass is 364 g/mol. The van der Waals surface area contributed by atoms with Gasteiger partial charge in [-0.15, -0.1) is 0 Å². The lowest BCUT2D eigenvalue weighted by Gasteiger charge is -2.11. The highest BCUT2D eigenvalue weighted by Gasteiger charge is 2.21. The topological polar surface area (TPSA) is 73.0 Å². The van der Waals surface area contributed by atoms with Crippen LogP contribution in [-0.2, 0) is 10.0 Å². The van der Waals surface area contributed by atoms with Crippen LogP contribution in [0.25, 0.3) is 11.1 Å². The van der Waals surface area contributed by atoms with Crippen LogP contribution in [0.15, 0.2) is 41.4 Å². The van der Waals surface area contributed by atoms with E-state index in [0.29, 0.717) is 11.3 Å². The zero-order valence-electron chi connectivity index (χ0n) is 13.7. The predicted octanol–water partition coefficient (Wildman–Crippen LogP) is 4.07. The first-order valence-corrected chi connectivity index (χ1v) is 9.42. The number of rotatable bonds is 4. The predicted molar refractivity (Wildman–Crippen MR) is 92.4 cm³/mol. The highest BCUT2D eigenvalue weighted by atomic mass is 32.2. The lowest BCUT2D eigenvalue weighted by molar-refractivity contribution is 0.150. The summed E-state index contributed by atoms with van der Waals surface area (Å²) < 4.78 is 49.0. The minimum absolute atomic E-state index is 0.0494. The Bertz CT molecular complexity index is 936. The summed E-state index contributed by atoms with van der Waals surface area (Å²) in [5, 5.41) is 5.12. The molecule has 0 unspecified atom stereocenters. The van der Waals surface area contributed by atoms with Crippen molar-refractivity contribution in [3.05, 3.63) is 58.9 Å². The van der Waals surface area contributed by atoms with Crippen LogP contribution in [0.1, 0.15) is 48.1 Å². The highest BCUT2D eigenvalue weighted by molar-refractivity contribution is 7.89. The normalized spacial score (nSPS) is 15.2. The van der Waals surface area contributed by atoms with E-state index in [0.717, 1.165) is 36.0 Å². The number of allylic oxidation sites excluding steroid dienone is 2. The number of nitrogens with zero attached hydrogens (tertiary/aromatic N) is 1. The van der Waals surface area contributed by atoms with Crippen LogP contribution in [0.2, 0.25) is 0 Å². The second kappa shape index (κ2) is 6.65. The van der Waals surface area contributed by atoms with Crippen molar-refractivity contribution in [2.24, 2.45) is 5.14 Å². The molecule has 2 N–H and O–H groups in total. The fraction of sp³-hybridized carbons (Fsp3) is 0.278. The van der Waals surface area contributed by atoms with Gasteiger partial charge in [0.1, 0.15) is 0 Å². The zero-order chi connectivity index (χ0) is 18.2. The Morgan fingerprint density at radius 2 is 1.68 bits per heavy atom. The minimum Gasteiger partial charge on any atom is -0.260 e. The Kier molecular flexibility index (Phi) is 4.71. The SMILES string of the molecule is Cc1ncc(C2=C(c3ccc(S(N)(=O)=O)cc3)CCC2)cc1C(F)F. The van der Waals surface area contributed by atoms with E-state index in [1.807, 2.05) is 0 Å². The minimum atomic E-state index is -3.74. The van der Waals surface area contributed by atoms with Crippen LogP contribution in [-0.4, -0.2) is 13.4 Å². The lowest BCUT2D eigenvalue weighted by atomic mass is 9.97. The van der Waals surface area contributed by atoms with Gasteiger partial charge in [0, 0.05) is 17.5 Å². The van der Waals surface area contributed by atoms with Crippen molar-refractivity contribution in [2.75, 3.05) is 0 Å². The maximum Gasteiger partial charge on any atom is 0.265 e. The summed E-state index contributed by atoms with van der Waals surface area (Å²) in [6.07, 6.45) is 1.56. The summed E-state index contributed by atoms with van der Waals surface area (Å²) in [5.74, 6) is 0.